The molecule has 0 amide bonds. The Labute approximate surface area is 55.5 Å². The van der Waals surface area contributed by atoms with Gasteiger partial charge < -0.3 is 5.73 Å². The van der Waals surface area contributed by atoms with E-state index in [1.165, 1.54) is 0 Å². The summed E-state index contributed by atoms with van der Waals surface area (Å²) in [6.45, 7) is 2.77. The van der Waals surface area contributed by atoms with E-state index in [4.69, 9.17) is 5.73 Å². The molecule has 9 heavy (non-hydrogen) atoms. The van der Waals surface area contributed by atoms with Gasteiger partial charge in [-0.05, 0) is 12.3 Å². The second-order valence-corrected chi connectivity index (χ2v) is 2.42. The Morgan fingerprint density at radius 1 is 1.89 bits per heavy atom. The van der Waals surface area contributed by atoms with Gasteiger partial charge >= 0.3 is 0 Å². The van der Waals surface area contributed by atoms with Crippen LogP contribution < -0.4 is 5.73 Å². The minimum absolute atomic E-state index is 0.606. The third kappa shape index (κ3) is 1.64. The lowest BCUT2D eigenvalue weighted by molar-refractivity contribution is 0.748. The van der Waals surface area contributed by atoms with Crippen molar-refractivity contribution in [1.29, 1.82) is 0 Å². The highest BCUT2D eigenvalue weighted by atomic mass is 14.7. The fraction of sp³-hybridized carbons (Fsp3) is 0.571. The van der Waals surface area contributed by atoms with E-state index in [9.17, 15) is 0 Å². The van der Waals surface area contributed by atoms with Crippen molar-refractivity contribution in [3.05, 3.63) is 12.3 Å². The van der Waals surface area contributed by atoms with E-state index in [0.717, 1.165) is 12.1 Å². The molecule has 2 nitrogen and oxygen atoms in total. The van der Waals surface area contributed by atoms with Gasteiger partial charge in [0, 0.05) is 18.5 Å². The molecule has 0 spiro atoms. The van der Waals surface area contributed by atoms with E-state index in [1.807, 2.05) is 6.20 Å². The summed E-state index contributed by atoms with van der Waals surface area (Å²) >= 11 is 0. The SMILES string of the molecule is CC1C=CN=C(CN)C1. The molecule has 0 fully saturated rings. The van der Waals surface area contributed by atoms with Crippen LogP contribution in [0.15, 0.2) is 17.3 Å². The summed E-state index contributed by atoms with van der Waals surface area (Å²) in [5, 5.41) is 0. The van der Waals surface area contributed by atoms with Crippen molar-refractivity contribution in [2.75, 3.05) is 6.54 Å². The molecule has 2 heteroatoms. The van der Waals surface area contributed by atoms with Crippen molar-refractivity contribution in [3.8, 4) is 0 Å². The average Bonchev–Trinajstić information content (AvgIpc) is 1.88. The first-order chi connectivity index (χ1) is 4.33. The molecule has 1 aliphatic rings. The van der Waals surface area contributed by atoms with Gasteiger partial charge in [-0.15, -0.1) is 0 Å². The van der Waals surface area contributed by atoms with Gasteiger partial charge in [0.1, 0.15) is 0 Å². The Morgan fingerprint density at radius 2 is 2.67 bits per heavy atom. The van der Waals surface area contributed by atoms with Gasteiger partial charge in [-0.2, -0.15) is 0 Å². The molecule has 0 bridgehead atoms. The lowest BCUT2D eigenvalue weighted by Crippen LogP contribution is -2.17. The van der Waals surface area contributed by atoms with Gasteiger partial charge in [-0.3, -0.25) is 4.99 Å². The number of allylic oxidation sites excluding steroid dienone is 1. The molecule has 0 aromatic carbocycles. The molecule has 0 saturated heterocycles. The highest BCUT2D eigenvalue weighted by Gasteiger charge is 2.04. The monoisotopic (exact) mass is 124 g/mol. The van der Waals surface area contributed by atoms with Gasteiger partial charge in [0.25, 0.3) is 0 Å². The average molecular weight is 124 g/mol. The smallest absolute Gasteiger partial charge is 0.0320 e. The minimum Gasteiger partial charge on any atom is -0.325 e. The van der Waals surface area contributed by atoms with Crippen LogP contribution in [0.2, 0.25) is 0 Å². The fourth-order valence-corrected chi connectivity index (χ4v) is 0.924. The number of rotatable bonds is 1. The lowest BCUT2D eigenvalue weighted by atomic mass is 10.0. The van der Waals surface area contributed by atoms with Gasteiger partial charge in [-0.1, -0.05) is 13.0 Å². The van der Waals surface area contributed by atoms with E-state index in [2.05, 4.69) is 18.0 Å². The second-order valence-electron chi connectivity index (χ2n) is 2.42. The van der Waals surface area contributed by atoms with Crippen LogP contribution in [-0.4, -0.2) is 12.3 Å². The number of nitrogens with zero attached hydrogens (tertiary/aromatic N) is 1. The zero-order valence-corrected chi connectivity index (χ0v) is 5.67. The van der Waals surface area contributed by atoms with E-state index in [-0.39, 0.29) is 0 Å². The summed E-state index contributed by atoms with van der Waals surface area (Å²) in [7, 11) is 0. The largest absolute Gasteiger partial charge is 0.325 e. The second kappa shape index (κ2) is 2.78. The zero-order valence-electron chi connectivity index (χ0n) is 5.67. The Morgan fingerprint density at radius 3 is 3.11 bits per heavy atom. The van der Waals surface area contributed by atoms with E-state index in [0.29, 0.717) is 12.5 Å². The van der Waals surface area contributed by atoms with Gasteiger partial charge in [0.15, 0.2) is 0 Å². The van der Waals surface area contributed by atoms with Gasteiger partial charge in [0.05, 0.1) is 0 Å². The number of nitrogens with two attached hydrogens (primary N) is 1. The van der Waals surface area contributed by atoms with Crippen LogP contribution in [0.1, 0.15) is 13.3 Å². The fourth-order valence-electron chi connectivity index (χ4n) is 0.924. The zero-order chi connectivity index (χ0) is 6.69. The van der Waals surface area contributed by atoms with E-state index >= 15 is 0 Å². The Kier molecular flexibility index (Phi) is 2.01. The molecule has 1 unspecified atom stereocenters. The maximum Gasteiger partial charge on any atom is 0.0320 e. The quantitative estimate of drug-likeness (QED) is 0.555. The van der Waals surface area contributed by atoms with Crippen LogP contribution in [0, 0.1) is 5.92 Å². The molecule has 1 aliphatic heterocycles. The highest BCUT2D eigenvalue weighted by Crippen LogP contribution is 2.09. The number of hydrogen-bond donors (Lipinski definition) is 1. The first-order valence-corrected chi connectivity index (χ1v) is 3.25. The molecule has 2 N–H and O–H groups in total. The number of hydrogen-bond acceptors (Lipinski definition) is 2. The molecule has 1 rings (SSSR count). The molecular formula is C7H12N2. The molecular weight excluding hydrogens is 112 g/mol. The van der Waals surface area contributed by atoms with Crippen LogP contribution in [0.25, 0.3) is 0 Å². The molecule has 0 radical (unpaired) electrons. The third-order valence-corrected chi connectivity index (χ3v) is 1.46. The van der Waals surface area contributed by atoms with Gasteiger partial charge in [0.2, 0.25) is 0 Å². The van der Waals surface area contributed by atoms with Crippen LogP contribution in [-0.2, 0) is 0 Å². The normalized spacial score (nSPS) is 26.0. The first kappa shape index (κ1) is 6.49. The highest BCUT2D eigenvalue weighted by molar-refractivity contribution is 5.87. The molecule has 0 aliphatic carbocycles. The van der Waals surface area contributed by atoms with Crippen LogP contribution in [0.3, 0.4) is 0 Å². The maximum absolute atomic E-state index is 5.40. The van der Waals surface area contributed by atoms with E-state index < -0.39 is 0 Å². The van der Waals surface area contributed by atoms with Crippen molar-refractivity contribution >= 4 is 5.71 Å². The van der Waals surface area contributed by atoms with Crippen molar-refractivity contribution in [3.63, 3.8) is 0 Å². The Hall–Kier alpha value is -0.630. The van der Waals surface area contributed by atoms with Crippen LogP contribution in [0.4, 0.5) is 0 Å². The predicted molar refractivity (Wildman–Crippen MR) is 39.4 cm³/mol. The molecule has 50 valence electrons. The third-order valence-electron chi connectivity index (χ3n) is 1.46. The van der Waals surface area contributed by atoms with Gasteiger partial charge in [-0.25, -0.2) is 0 Å². The molecule has 1 heterocycles. The summed E-state index contributed by atoms with van der Waals surface area (Å²) in [4.78, 5) is 4.11. The molecule has 1 atom stereocenters. The van der Waals surface area contributed by atoms with Crippen molar-refractivity contribution in [2.24, 2.45) is 16.6 Å². The summed E-state index contributed by atoms with van der Waals surface area (Å²) in [6, 6.07) is 0. The van der Waals surface area contributed by atoms with Crippen molar-refractivity contribution < 1.29 is 0 Å². The topological polar surface area (TPSA) is 38.4 Å². The van der Waals surface area contributed by atoms with Crippen molar-refractivity contribution in [1.82, 2.24) is 0 Å². The first-order valence-electron chi connectivity index (χ1n) is 3.25. The standard InChI is InChI=1S/C7H12N2/c1-6-2-3-9-7(4-6)5-8/h2-3,6H,4-5,8H2,1H3. The van der Waals surface area contributed by atoms with E-state index in [1.54, 1.807) is 0 Å². The molecule has 0 aromatic heterocycles. The number of aliphatic imine (C=N–C) groups is 1. The summed E-state index contributed by atoms with van der Waals surface area (Å²) in [5.41, 5.74) is 6.52. The van der Waals surface area contributed by atoms with Crippen LogP contribution >= 0.6 is 0 Å². The Balaban J connectivity index is 2.55. The molecule has 0 saturated carbocycles. The maximum atomic E-state index is 5.40. The lowest BCUT2D eigenvalue weighted by Gasteiger charge is -2.10. The summed E-state index contributed by atoms with van der Waals surface area (Å²) in [5.74, 6) is 0.626. The Bertz CT molecular complexity index is 147. The molecule has 0 aromatic rings. The summed E-state index contributed by atoms with van der Waals surface area (Å²) < 4.78 is 0. The summed E-state index contributed by atoms with van der Waals surface area (Å²) in [6.07, 6.45) is 4.97. The predicted octanol–water partition coefficient (Wildman–Crippen LogP) is 0.940. The van der Waals surface area contributed by atoms with Crippen molar-refractivity contribution in [2.45, 2.75) is 13.3 Å². The minimum atomic E-state index is 0.606. The van der Waals surface area contributed by atoms with Crippen LogP contribution in [0.5, 0.6) is 0 Å².